The van der Waals surface area contributed by atoms with Crippen LogP contribution in [-0.4, -0.2) is 9.97 Å². The molecule has 3 aromatic rings. The lowest BCUT2D eigenvalue weighted by molar-refractivity contribution is 0.726. The number of rotatable bonds is 3. The third-order valence-corrected chi connectivity index (χ3v) is 4.16. The lowest BCUT2D eigenvalue weighted by Gasteiger charge is -2.08. The molecule has 2 heterocycles. The van der Waals surface area contributed by atoms with E-state index in [1.165, 1.54) is 24.8 Å². The number of nitrogens with two attached hydrogens (primary N) is 1. The van der Waals surface area contributed by atoms with Crippen molar-refractivity contribution in [2.75, 3.05) is 5.73 Å². The number of pyridine rings is 2. The molecule has 100 valence electrons. The van der Waals surface area contributed by atoms with Crippen molar-refractivity contribution in [3.05, 3.63) is 42.1 Å². The average Bonchev–Trinajstić information content (AvgIpc) is 3.29. The van der Waals surface area contributed by atoms with E-state index in [2.05, 4.69) is 22.1 Å². The van der Waals surface area contributed by atoms with Gasteiger partial charge in [0.05, 0.1) is 5.52 Å². The van der Waals surface area contributed by atoms with E-state index in [1.54, 1.807) is 0 Å². The molecule has 0 aliphatic heterocycles. The minimum atomic E-state index is 0.521. The molecule has 0 bridgehead atoms. The SMILES string of the molecule is Nc1nc2ccccc2c2cc(CCC3CC3)cnc12. The van der Waals surface area contributed by atoms with Gasteiger partial charge in [0.1, 0.15) is 5.52 Å². The predicted octanol–water partition coefficient (Wildman–Crippen LogP) is 3.71. The normalized spacial score (nSPS) is 15.0. The number of aromatic nitrogens is 2. The van der Waals surface area contributed by atoms with Crippen LogP contribution < -0.4 is 5.73 Å². The number of nitrogens with zero attached hydrogens (tertiary/aromatic N) is 2. The molecule has 4 rings (SSSR count). The zero-order valence-corrected chi connectivity index (χ0v) is 11.3. The van der Waals surface area contributed by atoms with Crippen LogP contribution >= 0.6 is 0 Å². The van der Waals surface area contributed by atoms with Crippen LogP contribution in [0, 0.1) is 5.92 Å². The highest BCUT2D eigenvalue weighted by Gasteiger charge is 2.20. The highest BCUT2D eigenvalue weighted by atomic mass is 14.9. The summed E-state index contributed by atoms with van der Waals surface area (Å²) in [6.45, 7) is 0. The molecule has 0 amide bonds. The van der Waals surface area contributed by atoms with Crippen molar-refractivity contribution in [1.29, 1.82) is 0 Å². The number of para-hydroxylation sites is 1. The first-order valence-corrected chi connectivity index (χ1v) is 7.24. The summed E-state index contributed by atoms with van der Waals surface area (Å²) in [5.74, 6) is 1.47. The molecular formula is C17H17N3. The molecule has 0 atom stereocenters. The van der Waals surface area contributed by atoms with Crippen LogP contribution in [0.4, 0.5) is 5.82 Å². The minimum Gasteiger partial charge on any atom is -0.382 e. The Labute approximate surface area is 117 Å². The van der Waals surface area contributed by atoms with E-state index in [-0.39, 0.29) is 0 Å². The molecule has 1 saturated carbocycles. The van der Waals surface area contributed by atoms with Crippen molar-refractivity contribution in [3.63, 3.8) is 0 Å². The number of nitrogen functional groups attached to an aromatic ring is 1. The summed E-state index contributed by atoms with van der Waals surface area (Å²) in [7, 11) is 0. The molecule has 1 fully saturated rings. The predicted molar refractivity (Wildman–Crippen MR) is 82.5 cm³/mol. The van der Waals surface area contributed by atoms with Gasteiger partial charge in [-0.3, -0.25) is 4.98 Å². The lowest BCUT2D eigenvalue weighted by Crippen LogP contribution is -1.97. The summed E-state index contributed by atoms with van der Waals surface area (Å²) in [5, 5.41) is 2.26. The molecule has 0 radical (unpaired) electrons. The average molecular weight is 263 g/mol. The number of benzene rings is 1. The summed E-state index contributed by atoms with van der Waals surface area (Å²) in [4.78, 5) is 8.97. The fourth-order valence-electron chi connectivity index (χ4n) is 2.81. The zero-order valence-electron chi connectivity index (χ0n) is 11.3. The van der Waals surface area contributed by atoms with Crippen molar-refractivity contribution in [2.24, 2.45) is 5.92 Å². The summed E-state index contributed by atoms with van der Waals surface area (Å²) in [5.41, 5.74) is 9.10. The Morgan fingerprint density at radius 1 is 1.15 bits per heavy atom. The van der Waals surface area contributed by atoms with Crippen molar-refractivity contribution in [2.45, 2.75) is 25.7 Å². The number of hydrogen-bond acceptors (Lipinski definition) is 3. The maximum Gasteiger partial charge on any atom is 0.150 e. The first-order chi connectivity index (χ1) is 9.81. The Balaban J connectivity index is 1.87. The second-order valence-electron chi connectivity index (χ2n) is 5.74. The Hall–Kier alpha value is -2.16. The third kappa shape index (κ3) is 1.99. The number of hydrogen-bond donors (Lipinski definition) is 1. The van der Waals surface area contributed by atoms with Crippen molar-refractivity contribution in [3.8, 4) is 0 Å². The molecule has 1 aliphatic rings. The van der Waals surface area contributed by atoms with Gasteiger partial charge < -0.3 is 5.73 Å². The van der Waals surface area contributed by atoms with E-state index in [4.69, 9.17) is 5.73 Å². The van der Waals surface area contributed by atoms with Crippen LogP contribution in [0.5, 0.6) is 0 Å². The van der Waals surface area contributed by atoms with Crippen molar-refractivity contribution in [1.82, 2.24) is 9.97 Å². The van der Waals surface area contributed by atoms with Crippen LogP contribution in [-0.2, 0) is 6.42 Å². The topological polar surface area (TPSA) is 51.8 Å². The summed E-state index contributed by atoms with van der Waals surface area (Å²) in [6, 6.07) is 10.4. The van der Waals surface area contributed by atoms with E-state index in [0.29, 0.717) is 5.82 Å². The first-order valence-electron chi connectivity index (χ1n) is 7.24. The van der Waals surface area contributed by atoms with E-state index >= 15 is 0 Å². The maximum atomic E-state index is 6.03. The van der Waals surface area contributed by atoms with Crippen LogP contribution in [0.15, 0.2) is 36.5 Å². The van der Waals surface area contributed by atoms with Crippen LogP contribution in [0.1, 0.15) is 24.8 Å². The first kappa shape index (κ1) is 11.6. The van der Waals surface area contributed by atoms with Gasteiger partial charge in [0.2, 0.25) is 0 Å². The minimum absolute atomic E-state index is 0.521. The van der Waals surface area contributed by atoms with Crippen LogP contribution in [0.2, 0.25) is 0 Å². The highest BCUT2D eigenvalue weighted by molar-refractivity contribution is 6.08. The molecule has 0 spiro atoms. The van der Waals surface area contributed by atoms with E-state index in [9.17, 15) is 0 Å². The van der Waals surface area contributed by atoms with Gasteiger partial charge in [-0.05, 0) is 36.5 Å². The monoisotopic (exact) mass is 263 g/mol. The maximum absolute atomic E-state index is 6.03. The Bertz CT molecular complexity index is 791. The smallest absolute Gasteiger partial charge is 0.150 e. The van der Waals surface area contributed by atoms with Gasteiger partial charge in [0.25, 0.3) is 0 Å². The number of aryl methyl sites for hydroxylation is 1. The summed E-state index contributed by atoms with van der Waals surface area (Å²) >= 11 is 0. The Kier molecular flexibility index (Phi) is 2.59. The van der Waals surface area contributed by atoms with Crippen LogP contribution in [0.3, 0.4) is 0 Å². The molecular weight excluding hydrogens is 246 g/mol. The van der Waals surface area contributed by atoms with Crippen molar-refractivity contribution >= 4 is 27.6 Å². The molecule has 0 unspecified atom stereocenters. The molecule has 3 nitrogen and oxygen atoms in total. The summed E-state index contributed by atoms with van der Waals surface area (Å²) < 4.78 is 0. The highest BCUT2D eigenvalue weighted by Crippen LogP contribution is 2.34. The number of fused-ring (bicyclic) bond motifs is 3. The second-order valence-corrected chi connectivity index (χ2v) is 5.74. The van der Waals surface area contributed by atoms with Gasteiger partial charge in [-0.1, -0.05) is 31.0 Å². The fraction of sp³-hybridized carbons (Fsp3) is 0.294. The quantitative estimate of drug-likeness (QED) is 0.733. The van der Waals surface area contributed by atoms with Gasteiger partial charge in [-0.2, -0.15) is 0 Å². The van der Waals surface area contributed by atoms with Crippen molar-refractivity contribution < 1.29 is 0 Å². The molecule has 1 aliphatic carbocycles. The second kappa shape index (κ2) is 4.44. The Morgan fingerprint density at radius 2 is 2.00 bits per heavy atom. The molecule has 2 aromatic heterocycles. The molecule has 2 N–H and O–H groups in total. The van der Waals surface area contributed by atoms with E-state index < -0.39 is 0 Å². The van der Waals surface area contributed by atoms with Gasteiger partial charge in [0.15, 0.2) is 5.82 Å². The van der Waals surface area contributed by atoms with Gasteiger partial charge in [0, 0.05) is 17.0 Å². The van der Waals surface area contributed by atoms with Gasteiger partial charge in [-0.25, -0.2) is 4.98 Å². The van der Waals surface area contributed by atoms with Gasteiger partial charge in [-0.15, -0.1) is 0 Å². The summed E-state index contributed by atoms with van der Waals surface area (Å²) in [6.07, 6.45) is 7.16. The molecule has 1 aromatic carbocycles. The van der Waals surface area contributed by atoms with E-state index in [0.717, 1.165) is 34.1 Å². The standard InChI is InChI=1S/C17H17N3/c18-17-16-14(13-3-1-2-4-15(13)20-17)9-12(10-19-16)8-7-11-5-6-11/h1-4,9-11H,5-8H2,(H2,18,20). The fourth-order valence-corrected chi connectivity index (χ4v) is 2.81. The number of anilines is 1. The third-order valence-electron chi connectivity index (χ3n) is 4.16. The Morgan fingerprint density at radius 3 is 2.85 bits per heavy atom. The zero-order chi connectivity index (χ0) is 13.5. The van der Waals surface area contributed by atoms with E-state index in [1.807, 2.05) is 24.4 Å². The lowest BCUT2D eigenvalue weighted by atomic mass is 10.0. The molecule has 3 heteroatoms. The largest absolute Gasteiger partial charge is 0.382 e. The van der Waals surface area contributed by atoms with Crippen LogP contribution in [0.25, 0.3) is 21.8 Å². The van der Waals surface area contributed by atoms with Gasteiger partial charge >= 0.3 is 0 Å². The molecule has 0 saturated heterocycles. The molecule has 20 heavy (non-hydrogen) atoms.